The minimum Gasteiger partial charge on any atom is -0.308 e. The Labute approximate surface area is 125 Å². The second kappa shape index (κ2) is 7.36. The molecule has 1 fully saturated rings. The maximum atomic E-state index is 12.5. The Morgan fingerprint density at radius 1 is 1.10 bits per heavy atom. The van der Waals surface area contributed by atoms with Crippen LogP contribution in [0.4, 0.5) is 0 Å². The van der Waals surface area contributed by atoms with Crippen molar-refractivity contribution in [2.24, 2.45) is 0 Å². The van der Waals surface area contributed by atoms with E-state index in [0.717, 1.165) is 22.3 Å². The lowest BCUT2D eigenvalue weighted by Gasteiger charge is -2.18. The Morgan fingerprint density at radius 2 is 1.81 bits per heavy atom. The van der Waals surface area contributed by atoms with Crippen LogP contribution in [0.1, 0.15) is 5.56 Å². The van der Waals surface area contributed by atoms with Crippen LogP contribution in [0.5, 0.6) is 0 Å². The zero-order valence-corrected chi connectivity index (χ0v) is 12.0. The molecule has 2 heteroatoms. The van der Waals surface area contributed by atoms with E-state index in [0.29, 0.717) is 13.1 Å². The molecule has 2 nitrogen and oxygen atoms in total. The number of nitrogens with one attached hydrogen (secondary N) is 1. The number of benzene rings is 1. The van der Waals surface area contributed by atoms with Gasteiger partial charge in [0.2, 0.25) is 0 Å². The molecule has 0 aromatic heterocycles. The molecule has 1 saturated heterocycles. The zero-order chi connectivity index (χ0) is 15.1. The Kier molecular flexibility index (Phi) is 5.24. The van der Waals surface area contributed by atoms with Gasteiger partial charge < -0.3 is 5.32 Å². The van der Waals surface area contributed by atoms with E-state index >= 15 is 0 Å². The van der Waals surface area contributed by atoms with Crippen LogP contribution in [-0.2, 0) is 4.79 Å². The summed E-state index contributed by atoms with van der Waals surface area (Å²) in [7, 11) is 0. The number of Topliss-reactive ketones (excluding diaryl/α,β-unsaturated/α-hetero) is 1. The number of hydrogen-bond donors (Lipinski definition) is 1. The van der Waals surface area contributed by atoms with Crippen LogP contribution in [0.25, 0.3) is 6.08 Å². The lowest BCUT2D eigenvalue weighted by molar-refractivity contribution is -0.112. The summed E-state index contributed by atoms with van der Waals surface area (Å²) in [6.07, 6.45) is 9.05. The van der Waals surface area contributed by atoms with Gasteiger partial charge in [0.1, 0.15) is 0 Å². The van der Waals surface area contributed by atoms with Crippen molar-refractivity contribution in [2.45, 2.75) is 0 Å². The first-order chi connectivity index (χ1) is 10.2. The fourth-order valence-electron chi connectivity index (χ4n) is 2.19. The molecule has 0 amide bonds. The van der Waals surface area contributed by atoms with Gasteiger partial charge in [-0.2, -0.15) is 0 Å². The molecule has 0 aliphatic carbocycles. The van der Waals surface area contributed by atoms with Gasteiger partial charge in [0.05, 0.1) is 0 Å². The molecule has 0 atom stereocenters. The van der Waals surface area contributed by atoms with Gasteiger partial charge in [-0.3, -0.25) is 4.79 Å². The first-order valence-corrected chi connectivity index (χ1v) is 6.91. The topological polar surface area (TPSA) is 29.1 Å². The fourth-order valence-corrected chi connectivity index (χ4v) is 2.19. The first kappa shape index (κ1) is 14.9. The van der Waals surface area contributed by atoms with E-state index in [9.17, 15) is 4.79 Å². The third-order valence-electron chi connectivity index (χ3n) is 3.24. The van der Waals surface area contributed by atoms with Crippen LogP contribution < -0.4 is 5.32 Å². The van der Waals surface area contributed by atoms with Crippen molar-refractivity contribution in [1.82, 2.24) is 5.32 Å². The molecule has 0 saturated carbocycles. The number of carbonyl (C=O) groups excluding carboxylic acids is 1. The van der Waals surface area contributed by atoms with Crippen LogP contribution in [0, 0.1) is 0 Å². The summed E-state index contributed by atoms with van der Waals surface area (Å²) in [4.78, 5) is 12.5. The molecule has 0 radical (unpaired) electrons. The number of rotatable bonds is 4. The van der Waals surface area contributed by atoms with Crippen molar-refractivity contribution < 1.29 is 4.79 Å². The van der Waals surface area contributed by atoms with E-state index in [1.54, 1.807) is 12.2 Å². The molecular weight excluding hydrogens is 258 g/mol. The molecule has 2 rings (SSSR count). The van der Waals surface area contributed by atoms with E-state index in [1.807, 2.05) is 48.6 Å². The average Bonchev–Trinajstić information content (AvgIpc) is 2.51. The molecule has 106 valence electrons. The average molecular weight is 277 g/mol. The molecule has 0 unspecified atom stereocenters. The third kappa shape index (κ3) is 4.01. The van der Waals surface area contributed by atoms with Gasteiger partial charge in [-0.1, -0.05) is 61.7 Å². The second-order valence-corrected chi connectivity index (χ2v) is 4.79. The summed E-state index contributed by atoms with van der Waals surface area (Å²) < 4.78 is 0. The monoisotopic (exact) mass is 277 g/mol. The minimum absolute atomic E-state index is 0.0921. The smallest absolute Gasteiger partial charge is 0.187 e. The number of ketones is 1. The summed E-state index contributed by atoms with van der Waals surface area (Å²) >= 11 is 0. The van der Waals surface area contributed by atoms with Crippen molar-refractivity contribution >= 4 is 11.9 Å². The molecular formula is C19H19NO. The Morgan fingerprint density at radius 3 is 2.48 bits per heavy atom. The first-order valence-electron chi connectivity index (χ1n) is 6.91. The third-order valence-corrected chi connectivity index (χ3v) is 3.24. The zero-order valence-electron chi connectivity index (χ0n) is 12.0. The SMILES string of the molecule is C=C/C=C(C=C)/C=C1\CNC/C(=C\c2ccccc2)C1=O. The van der Waals surface area contributed by atoms with Gasteiger partial charge in [0, 0.05) is 24.2 Å². The van der Waals surface area contributed by atoms with Crippen LogP contribution >= 0.6 is 0 Å². The molecule has 0 bridgehead atoms. The summed E-state index contributed by atoms with van der Waals surface area (Å²) in [5.41, 5.74) is 3.45. The lowest BCUT2D eigenvalue weighted by Crippen LogP contribution is -2.33. The van der Waals surface area contributed by atoms with Gasteiger partial charge in [-0.15, -0.1) is 0 Å². The summed E-state index contributed by atoms with van der Waals surface area (Å²) in [6, 6.07) is 9.87. The highest BCUT2D eigenvalue weighted by molar-refractivity contribution is 6.12. The van der Waals surface area contributed by atoms with Gasteiger partial charge in [0.15, 0.2) is 5.78 Å². The molecule has 1 N–H and O–H groups in total. The van der Waals surface area contributed by atoms with Crippen molar-refractivity contribution in [3.8, 4) is 0 Å². The van der Waals surface area contributed by atoms with E-state index < -0.39 is 0 Å². The Hall–Kier alpha value is -2.45. The highest BCUT2D eigenvalue weighted by Crippen LogP contribution is 2.16. The van der Waals surface area contributed by atoms with Crippen molar-refractivity contribution in [1.29, 1.82) is 0 Å². The Bertz CT molecular complexity index is 633. The van der Waals surface area contributed by atoms with Crippen LogP contribution in [0.15, 0.2) is 84.5 Å². The van der Waals surface area contributed by atoms with Gasteiger partial charge in [-0.05, 0) is 23.3 Å². The molecule has 0 spiro atoms. The quantitative estimate of drug-likeness (QED) is 0.674. The van der Waals surface area contributed by atoms with Crippen LogP contribution in [0.2, 0.25) is 0 Å². The highest BCUT2D eigenvalue weighted by atomic mass is 16.1. The number of piperidine rings is 1. The van der Waals surface area contributed by atoms with Crippen molar-refractivity contribution in [3.63, 3.8) is 0 Å². The molecule has 1 aromatic rings. The highest BCUT2D eigenvalue weighted by Gasteiger charge is 2.19. The number of allylic oxidation sites excluding steroid dienone is 5. The molecule has 1 heterocycles. The molecule has 1 aliphatic rings. The predicted molar refractivity (Wildman–Crippen MR) is 88.9 cm³/mol. The molecule has 1 aromatic carbocycles. The normalized spacial score (nSPS) is 19.8. The second-order valence-electron chi connectivity index (χ2n) is 4.79. The van der Waals surface area contributed by atoms with Crippen molar-refractivity contribution in [3.05, 3.63) is 90.1 Å². The summed E-state index contributed by atoms with van der Waals surface area (Å²) in [6.45, 7) is 8.59. The van der Waals surface area contributed by atoms with Crippen molar-refractivity contribution in [2.75, 3.05) is 13.1 Å². The molecule has 1 aliphatic heterocycles. The maximum Gasteiger partial charge on any atom is 0.187 e. The summed E-state index contributed by atoms with van der Waals surface area (Å²) in [5.74, 6) is 0.0921. The van der Waals surface area contributed by atoms with Crippen LogP contribution in [0.3, 0.4) is 0 Å². The number of carbonyl (C=O) groups is 1. The minimum atomic E-state index is 0.0921. The van der Waals surface area contributed by atoms with E-state index in [2.05, 4.69) is 18.5 Å². The fraction of sp³-hybridized carbons (Fsp3) is 0.105. The van der Waals surface area contributed by atoms with Gasteiger partial charge >= 0.3 is 0 Å². The Balaban J connectivity index is 2.28. The molecule has 21 heavy (non-hydrogen) atoms. The summed E-state index contributed by atoms with van der Waals surface area (Å²) in [5, 5.41) is 3.26. The predicted octanol–water partition coefficient (Wildman–Crippen LogP) is 3.47. The largest absolute Gasteiger partial charge is 0.308 e. The van der Waals surface area contributed by atoms with Gasteiger partial charge in [-0.25, -0.2) is 0 Å². The standard InChI is InChI=1S/C19H19NO/c1-3-8-15(4-2)11-17-13-20-14-18(19(17)21)12-16-9-6-5-7-10-16/h3-12,20H,1-2,13-14H2/b15-8+,17-11+,18-12+. The van der Waals surface area contributed by atoms with E-state index in [1.165, 1.54) is 0 Å². The number of hydrogen-bond acceptors (Lipinski definition) is 2. The maximum absolute atomic E-state index is 12.5. The van der Waals surface area contributed by atoms with Crippen LogP contribution in [-0.4, -0.2) is 18.9 Å². The van der Waals surface area contributed by atoms with E-state index in [4.69, 9.17) is 0 Å². The van der Waals surface area contributed by atoms with Gasteiger partial charge in [0.25, 0.3) is 0 Å². The lowest BCUT2D eigenvalue weighted by atomic mass is 9.95. The van der Waals surface area contributed by atoms with E-state index in [-0.39, 0.29) is 5.78 Å².